The monoisotopic (exact) mass is 382 g/mol. The van der Waals surface area contributed by atoms with E-state index in [1.54, 1.807) is 24.3 Å². The largest absolute Gasteiger partial charge is 0.484 e. The normalized spacial score (nSPS) is 11.9. The first kappa shape index (κ1) is 21.6. The molecule has 1 atom stereocenters. The lowest BCUT2D eigenvalue weighted by molar-refractivity contribution is -0.123. The van der Waals surface area contributed by atoms with Gasteiger partial charge in [0, 0.05) is 18.5 Å². The van der Waals surface area contributed by atoms with Gasteiger partial charge in [-0.2, -0.15) is 0 Å². The molecule has 0 aliphatic rings. The summed E-state index contributed by atoms with van der Waals surface area (Å²) in [4.78, 5) is 26.2. The molecule has 0 aromatic heterocycles. The number of carbonyl (C=O) groups excluding carboxylic acids is 2. The minimum Gasteiger partial charge on any atom is -0.484 e. The third kappa shape index (κ3) is 6.20. The lowest BCUT2D eigenvalue weighted by Crippen LogP contribution is -2.39. The number of rotatable bonds is 11. The predicted molar refractivity (Wildman–Crippen MR) is 112 cm³/mol. The van der Waals surface area contributed by atoms with Crippen molar-refractivity contribution in [1.82, 2.24) is 10.2 Å². The summed E-state index contributed by atoms with van der Waals surface area (Å²) in [6.07, 6.45) is 0.470. The van der Waals surface area contributed by atoms with Crippen molar-refractivity contribution in [1.29, 1.82) is 0 Å². The number of benzene rings is 2. The van der Waals surface area contributed by atoms with Gasteiger partial charge in [0.2, 0.25) is 0 Å². The van der Waals surface area contributed by atoms with Crippen molar-refractivity contribution in [2.45, 2.75) is 33.2 Å². The molecule has 28 heavy (non-hydrogen) atoms. The number of hydrogen-bond acceptors (Lipinski definition) is 4. The smallest absolute Gasteiger partial charge is 0.258 e. The Kier molecular flexibility index (Phi) is 8.69. The summed E-state index contributed by atoms with van der Waals surface area (Å²) in [5.74, 6) is 0.501. The average Bonchev–Trinajstić information content (AvgIpc) is 2.75. The summed E-state index contributed by atoms with van der Waals surface area (Å²) >= 11 is 0. The second kappa shape index (κ2) is 11.2. The first-order valence-electron chi connectivity index (χ1n) is 9.90. The Hall–Kier alpha value is -2.66. The Labute approximate surface area is 167 Å². The molecule has 0 aliphatic carbocycles. The van der Waals surface area contributed by atoms with Crippen molar-refractivity contribution < 1.29 is 14.3 Å². The van der Waals surface area contributed by atoms with E-state index in [2.05, 4.69) is 36.2 Å². The lowest BCUT2D eigenvalue weighted by Gasteiger charge is -2.30. The number of ether oxygens (including phenoxy) is 1. The summed E-state index contributed by atoms with van der Waals surface area (Å²) in [5.41, 5.74) is 1.84. The van der Waals surface area contributed by atoms with Crippen LogP contribution in [0.15, 0.2) is 54.6 Å². The molecule has 2 aromatic carbocycles. The van der Waals surface area contributed by atoms with Gasteiger partial charge in [0.25, 0.3) is 5.91 Å². The highest BCUT2D eigenvalue weighted by Crippen LogP contribution is 2.19. The van der Waals surface area contributed by atoms with Crippen LogP contribution in [0.5, 0.6) is 5.75 Å². The highest BCUT2D eigenvalue weighted by molar-refractivity contribution is 5.95. The van der Waals surface area contributed by atoms with E-state index in [-0.39, 0.29) is 24.3 Å². The van der Waals surface area contributed by atoms with Crippen LogP contribution in [0, 0.1) is 0 Å². The molecule has 0 bridgehead atoms. The van der Waals surface area contributed by atoms with Gasteiger partial charge in [-0.05, 0) is 42.9 Å². The molecule has 0 aliphatic heterocycles. The Balaban J connectivity index is 1.89. The molecule has 0 saturated heterocycles. The van der Waals surface area contributed by atoms with E-state index in [9.17, 15) is 9.59 Å². The molecular weight excluding hydrogens is 352 g/mol. The quantitative estimate of drug-likeness (QED) is 0.600. The van der Waals surface area contributed by atoms with E-state index in [1.807, 2.05) is 25.1 Å². The Morgan fingerprint density at radius 3 is 2.18 bits per heavy atom. The van der Waals surface area contributed by atoms with Gasteiger partial charge in [-0.1, -0.05) is 51.1 Å². The second-order valence-electron chi connectivity index (χ2n) is 6.54. The molecule has 0 heterocycles. The molecule has 1 amide bonds. The summed E-state index contributed by atoms with van der Waals surface area (Å²) < 4.78 is 5.55. The average molecular weight is 383 g/mol. The molecule has 2 rings (SSSR count). The first-order valence-corrected chi connectivity index (χ1v) is 9.90. The number of amides is 1. The van der Waals surface area contributed by atoms with Gasteiger partial charge in [-0.25, -0.2) is 0 Å². The molecule has 5 nitrogen and oxygen atoms in total. The third-order valence-corrected chi connectivity index (χ3v) is 4.80. The van der Waals surface area contributed by atoms with Crippen molar-refractivity contribution in [2.75, 3.05) is 26.2 Å². The molecule has 0 fully saturated rings. The number of Topliss-reactive ketones (excluding diaryl/α,β-unsaturated/α-hetero) is 1. The molecule has 0 spiro atoms. The SMILES string of the molecule is CCC(=O)c1ccc(OCC(=O)NCC(c2ccccc2)N(CC)CC)cc1. The van der Waals surface area contributed by atoms with E-state index in [1.165, 1.54) is 5.56 Å². The highest BCUT2D eigenvalue weighted by Gasteiger charge is 2.18. The Morgan fingerprint density at radius 1 is 0.964 bits per heavy atom. The summed E-state index contributed by atoms with van der Waals surface area (Å²) in [6.45, 7) is 8.36. The Bertz CT molecular complexity index is 740. The zero-order valence-electron chi connectivity index (χ0n) is 17.0. The molecule has 2 aromatic rings. The van der Waals surface area contributed by atoms with Crippen molar-refractivity contribution in [2.24, 2.45) is 0 Å². The number of ketones is 1. The van der Waals surface area contributed by atoms with Gasteiger partial charge < -0.3 is 10.1 Å². The van der Waals surface area contributed by atoms with Gasteiger partial charge >= 0.3 is 0 Å². The maximum absolute atomic E-state index is 12.3. The first-order chi connectivity index (χ1) is 13.6. The molecule has 5 heteroatoms. The molecule has 0 saturated carbocycles. The molecule has 0 radical (unpaired) electrons. The number of nitrogens with one attached hydrogen (secondary N) is 1. The van der Waals surface area contributed by atoms with Crippen LogP contribution in [0.3, 0.4) is 0 Å². The maximum atomic E-state index is 12.3. The van der Waals surface area contributed by atoms with Gasteiger partial charge in [0.15, 0.2) is 12.4 Å². The molecular formula is C23H30N2O3. The predicted octanol–water partition coefficient (Wildman–Crippen LogP) is 3.86. The molecule has 1 unspecified atom stereocenters. The number of likely N-dealkylation sites (N-methyl/N-ethyl adjacent to an activating group) is 1. The molecule has 1 N–H and O–H groups in total. The van der Waals surface area contributed by atoms with E-state index < -0.39 is 0 Å². The van der Waals surface area contributed by atoms with Crippen LogP contribution in [0.25, 0.3) is 0 Å². The number of nitrogens with zero attached hydrogens (tertiary/aromatic N) is 1. The summed E-state index contributed by atoms with van der Waals surface area (Å²) in [5, 5.41) is 2.98. The van der Waals surface area contributed by atoms with E-state index in [0.29, 0.717) is 24.3 Å². The maximum Gasteiger partial charge on any atom is 0.258 e. The Morgan fingerprint density at radius 2 is 1.61 bits per heavy atom. The van der Waals surface area contributed by atoms with E-state index in [0.717, 1.165) is 13.1 Å². The molecule has 150 valence electrons. The number of hydrogen-bond donors (Lipinski definition) is 1. The van der Waals surface area contributed by atoms with Crippen LogP contribution in [-0.4, -0.2) is 42.8 Å². The fraction of sp³-hybridized carbons (Fsp3) is 0.391. The van der Waals surface area contributed by atoms with Crippen LogP contribution in [0.4, 0.5) is 0 Å². The standard InChI is InChI=1S/C23H30N2O3/c1-4-22(26)19-12-14-20(15-13-19)28-17-23(27)24-16-21(25(5-2)6-3)18-10-8-7-9-11-18/h7-15,21H,4-6,16-17H2,1-3H3,(H,24,27). The van der Waals surface area contributed by atoms with Crippen molar-refractivity contribution in [3.63, 3.8) is 0 Å². The van der Waals surface area contributed by atoms with Gasteiger partial charge in [0.1, 0.15) is 5.75 Å². The lowest BCUT2D eigenvalue weighted by atomic mass is 10.1. The van der Waals surface area contributed by atoms with E-state index >= 15 is 0 Å². The van der Waals surface area contributed by atoms with Crippen molar-refractivity contribution in [3.05, 3.63) is 65.7 Å². The number of carbonyl (C=O) groups is 2. The minimum absolute atomic E-state index is 0.0547. The van der Waals surface area contributed by atoms with Crippen molar-refractivity contribution in [3.8, 4) is 5.75 Å². The zero-order valence-corrected chi connectivity index (χ0v) is 17.0. The van der Waals surface area contributed by atoms with E-state index in [4.69, 9.17) is 4.74 Å². The zero-order chi connectivity index (χ0) is 20.4. The minimum atomic E-state index is -0.165. The summed E-state index contributed by atoms with van der Waals surface area (Å²) in [6, 6.07) is 17.2. The van der Waals surface area contributed by atoms with Crippen molar-refractivity contribution >= 4 is 11.7 Å². The van der Waals surface area contributed by atoms with Crippen LogP contribution in [-0.2, 0) is 4.79 Å². The summed E-state index contributed by atoms with van der Waals surface area (Å²) in [7, 11) is 0. The van der Waals surface area contributed by atoms with Crippen LogP contribution in [0.1, 0.15) is 49.2 Å². The topological polar surface area (TPSA) is 58.6 Å². The van der Waals surface area contributed by atoms with Crippen LogP contribution < -0.4 is 10.1 Å². The highest BCUT2D eigenvalue weighted by atomic mass is 16.5. The fourth-order valence-corrected chi connectivity index (χ4v) is 3.15. The fourth-order valence-electron chi connectivity index (χ4n) is 3.15. The van der Waals surface area contributed by atoms with Gasteiger partial charge in [-0.3, -0.25) is 14.5 Å². The van der Waals surface area contributed by atoms with Gasteiger partial charge in [-0.15, -0.1) is 0 Å². The second-order valence-corrected chi connectivity index (χ2v) is 6.54. The van der Waals surface area contributed by atoms with Crippen LogP contribution >= 0.6 is 0 Å². The third-order valence-electron chi connectivity index (χ3n) is 4.80. The van der Waals surface area contributed by atoms with Crippen LogP contribution in [0.2, 0.25) is 0 Å². The van der Waals surface area contributed by atoms with Gasteiger partial charge in [0.05, 0.1) is 6.04 Å².